The fourth-order valence-electron chi connectivity index (χ4n) is 1.08. The molecule has 3 heteroatoms. The molecule has 13 heavy (non-hydrogen) atoms. The average molecular weight is 186 g/mol. The molecule has 0 bridgehead atoms. The fourth-order valence-corrected chi connectivity index (χ4v) is 1.08. The van der Waals surface area contributed by atoms with Crippen LogP contribution in [-0.2, 0) is 9.59 Å². The first-order valence-corrected chi connectivity index (χ1v) is 4.68. The van der Waals surface area contributed by atoms with Crippen LogP contribution in [0.15, 0.2) is 0 Å². The summed E-state index contributed by atoms with van der Waals surface area (Å²) in [6, 6.07) is 0. The van der Waals surface area contributed by atoms with Crippen LogP contribution in [0.5, 0.6) is 0 Å². The normalized spacial score (nSPS) is 11.2. The molecule has 0 amide bonds. The summed E-state index contributed by atoms with van der Waals surface area (Å²) in [7, 11) is 0. The number of carboxylic acid groups (broad SMARTS) is 1. The van der Waals surface area contributed by atoms with E-state index in [1.165, 1.54) is 0 Å². The lowest BCUT2D eigenvalue weighted by Gasteiger charge is -2.18. The lowest BCUT2D eigenvalue weighted by atomic mass is 9.87. The minimum atomic E-state index is -0.747. The van der Waals surface area contributed by atoms with Crippen molar-refractivity contribution in [2.75, 3.05) is 0 Å². The van der Waals surface area contributed by atoms with Crippen molar-refractivity contribution in [2.24, 2.45) is 5.41 Å². The second-order valence-corrected chi connectivity index (χ2v) is 3.96. The Morgan fingerprint density at radius 1 is 1.31 bits per heavy atom. The molecule has 0 saturated heterocycles. The van der Waals surface area contributed by atoms with Gasteiger partial charge in [0.2, 0.25) is 0 Å². The molecule has 0 unspecified atom stereocenters. The van der Waals surface area contributed by atoms with Crippen LogP contribution in [0, 0.1) is 5.41 Å². The topological polar surface area (TPSA) is 54.4 Å². The second-order valence-electron chi connectivity index (χ2n) is 3.96. The maximum absolute atomic E-state index is 10.7. The van der Waals surface area contributed by atoms with Crippen LogP contribution < -0.4 is 0 Å². The van der Waals surface area contributed by atoms with E-state index in [2.05, 4.69) is 0 Å². The van der Waals surface area contributed by atoms with Gasteiger partial charge in [-0.25, -0.2) is 0 Å². The molecule has 0 aliphatic heterocycles. The Kier molecular flexibility index (Phi) is 5.35. The number of aliphatic carboxylic acids is 1. The molecule has 0 aliphatic carbocycles. The zero-order valence-electron chi connectivity index (χ0n) is 8.38. The Labute approximate surface area is 79.1 Å². The number of carbonyl (C=O) groups is 2. The lowest BCUT2D eigenvalue weighted by Crippen LogP contribution is -2.23. The molecule has 0 heterocycles. The van der Waals surface area contributed by atoms with E-state index in [0.29, 0.717) is 12.8 Å². The quantitative estimate of drug-likeness (QED) is 0.490. The van der Waals surface area contributed by atoms with Gasteiger partial charge < -0.3 is 9.90 Å². The van der Waals surface area contributed by atoms with Crippen LogP contribution in [-0.4, -0.2) is 17.4 Å². The maximum Gasteiger partial charge on any atom is 0.309 e. The van der Waals surface area contributed by atoms with Gasteiger partial charge in [-0.3, -0.25) is 4.79 Å². The molecule has 1 N–H and O–H groups in total. The van der Waals surface area contributed by atoms with Gasteiger partial charge in [0.25, 0.3) is 0 Å². The molecule has 0 aliphatic rings. The van der Waals surface area contributed by atoms with Crippen molar-refractivity contribution in [3.63, 3.8) is 0 Å². The highest BCUT2D eigenvalue weighted by Crippen LogP contribution is 2.23. The van der Waals surface area contributed by atoms with Crippen LogP contribution in [0.4, 0.5) is 0 Å². The molecule has 0 atom stereocenters. The molecule has 0 rings (SSSR count). The first-order chi connectivity index (χ1) is 6.00. The number of hydrogen-bond donors (Lipinski definition) is 1. The Balaban J connectivity index is 3.52. The van der Waals surface area contributed by atoms with Gasteiger partial charge in [-0.2, -0.15) is 0 Å². The molecular formula is C10H18O3. The van der Waals surface area contributed by atoms with Gasteiger partial charge in [-0.1, -0.05) is 12.8 Å². The number of hydrogen-bond acceptors (Lipinski definition) is 2. The van der Waals surface area contributed by atoms with Crippen molar-refractivity contribution in [2.45, 2.75) is 46.0 Å². The standard InChI is InChI=1S/C10H18O3/c1-10(2,9(12)13)7-5-3-4-6-8-11/h8H,3-7H2,1-2H3,(H,12,13). The largest absolute Gasteiger partial charge is 0.481 e. The van der Waals surface area contributed by atoms with Crippen molar-refractivity contribution in [1.29, 1.82) is 0 Å². The SMILES string of the molecule is CC(C)(CCCCCC=O)C(=O)O. The molecule has 0 aromatic heterocycles. The summed E-state index contributed by atoms with van der Waals surface area (Å²) in [6.45, 7) is 3.46. The number of carboxylic acids is 1. The predicted molar refractivity (Wildman–Crippen MR) is 50.6 cm³/mol. The summed E-state index contributed by atoms with van der Waals surface area (Å²) in [6.07, 6.45) is 4.87. The summed E-state index contributed by atoms with van der Waals surface area (Å²) >= 11 is 0. The van der Waals surface area contributed by atoms with E-state index >= 15 is 0 Å². The molecular weight excluding hydrogens is 168 g/mol. The van der Waals surface area contributed by atoms with Crippen molar-refractivity contribution in [3.8, 4) is 0 Å². The molecule has 0 radical (unpaired) electrons. The molecule has 0 fully saturated rings. The maximum atomic E-state index is 10.7. The highest BCUT2D eigenvalue weighted by Gasteiger charge is 2.25. The van der Waals surface area contributed by atoms with E-state index in [1.807, 2.05) is 0 Å². The number of aldehydes is 1. The highest BCUT2D eigenvalue weighted by atomic mass is 16.4. The molecule has 0 aromatic rings. The first kappa shape index (κ1) is 12.1. The Hall–Kier alpha value is -0.860. The van der Waals surface area contributed by atoms with Crippen LogP contribution >= 0.6 is 0 Å². The van der Waals surface area contributed by atoms with Gasteiger partial charge in [0.15, 0.2) is 0 Å². The molecule has 3 nitrogen and oxygen atoms in total. The average Bonchev–Trinajstić information content (AvgIpc) is 2.03. The van der Waals surface area contributed by atoms with E-state index in [4.69, 9.17) is 5.11 Å². The summed E-state index contributed by atoms with van der Waals surface area (Å²) < 4.78 is 0. The van der Waals surface area contributed by atoms with E-state index in [0.717, 1.165) is 25.5 Å². The van der Waals surface area contributed by atoms with Gasteiger partial charge in [0.1, 0.15) is 6.29 Å². The Morgan fingerprint density at radius 3 is 2.38 bits per heavy atom. The van der Waals surface area contributed by atoms with Crippen molar-refractivity contribution in [1.82, 2.24) is 0 Å². The van der Waals surface area contributed by atoms with E-state index in [9.17, 15) is 9.59 Å². The van der Waals surface area contributed by atoms with E-state index < -0.39 is 11.4 Å². The summed E-state index contributed by atoms with van der Waals surface area (Å²) in [5.74, 6) is -0.747. The third-order valence-electron chi connectivity index (χ3n) is 2.20. The zero-order valence-corrected chi connectivity index (χ0v) is 8.38. The number of unbranched alkanes of at least 4 members (excludes halogenated alkanes) is 3. The van der Waals surface area contributed by atoms with Gasteiger partial charge in [-0.05, 0) is 26.7 Å². The van der Waals surface area contributed by atoms with Crippen LogP contribution in [0.2, 0.25) is 0 Å². The van der Waals surface area contributed by atoms with Crippen molar-refractivity contribution >= 4 is 12.3 Å². The smallest absolute Gasteiger partial charge is 0.309 e. The minimum Gasteiger partial charge on any atom is -0.481 e. The second kappa shape index (κ2) is 5.73. The first-order valence-electron chi connectivity index (χ1n) is 4.68. The third kappa shape index (κ3) is 5.39. The van der Waals surface area contributed by atoms with Gasteiger partial charge in [0, 0.05) is 6.42 Å². The van der Waals surface area contributed by atoms with Crippen LogP contribution in [0.1, 0.15) is 46.0 Å². The van der Waals surface area contributed by atoms with Crippen LogP contribution in [0.25, 0.3) is 0 Å². The third-order valence-corrected chi connectivity index (χ3v) is 2.20. The lowest BCUT2D eigenvalue weighted by molar-refractivity contribution is -0.147. The van der Waals surface area contributed by atoms with Gasteiger partial charge in [0.05, 0.1) is 5.41 Å². The molecule has 0 saturated carbocycles. The van der Waals surface area contributed by atoms with Gasteiger partial charge >= 0.3 is 5.97 Å². The minimum absolute atomic E-state index is 0.591. The Bertz CT molecular complexity index is 173. The molecule has 0 spiro atoms. The number of carbonyl (C=O) groups excluding carboxylic acids is 1. The fraction of sp³-hybridized carbons (Fsp3) is 0.800. The summed E-state index contributed by atoms with van der Waals surface area (Å²) in [4.78, 5) is 20.7. The van der Waals surface area contributed by atoms with Gasteiger partial charge in [-0.15, -0.1) is 0 Å². The zero-order chi connectivity index (χ0) is 10.3. The number of rotatable bonds is 7. The summed E-state index contributed by atoms with van der Waals surface area (Å²) in [5, 5.41) is 8.79. The summed E-state index contributed by atoms with van der Waals surface area (Å²) in [5.41, 5.74) is -0.624. The molecule has 76 valence electrons. The monoisotopic (exact) mass is 186 g/mol. The van der Waals surface area contributed by atoms with E-state index in [-0.39, 0.29) is 0 Å². The van der Waals surface area contributed by atoms with E-state index in [1.54, 1.807) is 13.8 Å². The predicted octanol–water partition coefficient (Wildman–Crippen LogP) is 2.25. The van der Waals surface area contributed by atoms with Crippen LogP contribution in [0.3, 0.4) is 0 Å². The highest BCUT2D eigenvalue weighted by molar-refractivity contribution is 5.73. The van der Waals surface area contributed by atoms with Crippen molar-refractivity contribution < 1.29 is 14.7 Å². The Morgan fingerprint density at radius 2 is 1.92 bits per heavy atom. The van der Waals surface area contributed by atoms with Crippen molar-refractivity contribution in [3.05, 3.63) is 0 Å². The molecule has 0 aromatic carbocycles.